The third-order valence-corrected chi connectivity index (χ3v) is 9.85. The Kier molecular flexibility index (Phi) is 8.60. The Morgan fingerprint density at radius 3 is 2.22 bits per heavy atom. The first-order valence-corrected chi connectivity index (χ1v) is 17.0. The van der Waals surface area contributed by atoms with E-state index in [2.05, 4.69) is 172 Å². The van der Waals surface area contributed by atoms with Crippen LogP contribution in [0.5, 0.6) is 11.5 Å². The smallest absolute Gasteiger partial charge is 0.509 e. The minimum atomic E-state index is -0.0241. The van der Waals surface area contributed by atoms with Crippen molar-refractivity contribution < 1.29 is 30.4 Å². The second-order valence-corrected chi connectivity index (χ2v) is 14.2. The standard InChI is InChI=1S/C45H40N4O.Pt/c1-29-14-13-15-30(2)44(29)32-24-34(48-31(3)47(8)40-18-11-12-19-41(40)48)27-36(25-32)50-35-20-21-38-37-16-9-10-17-39(37)49(42(38)28-35)43-26-33(45(4,5)6)22-23-46(43)7;/h9-26H,3,7H2,1-2,4-6,8H3;/q-2;+2. The van der Waals surface area contributed by atoms with Crippen molar-refractivity contribution in [1.82, 2.24) is 4.57 Å². The van der Waals surface area contributed by atoms with Gasteiger partial charge in [0.05, 0.1) is 11.4 Å². The maximum atomic E-state index is 6.76. The van der Waals surface area contributed by atoms with E-state index in [4.69, 9.17) is 4.74 Å². The number of nitrogens with zero attached hydrogens (tertiary/aromatic N) is 4. The number of aromatic nitrogens is 2. The molecule has 8 rings (SSSR count). The molecular formula is C45H40N4OPt. The fourth-order valence-corrected chi connectivity index (χ4v) is 7.22. The molecule has 1 aliphatic rings. The van der Waals surface area contributed by atoms with Gasteiger partial charge in [0.15, 0.2) is 5.82 Å². The van der Waals surface area contributed by atoms with Gasteiger partial charge in [0.1, 0.15) is 11.3 Å². The zero-order chi connectivity index (χ0) is 34.9. The van der Waals surface area contributed by atoms with E-state index in [0.29, 0.717) is 11.5 Å². The van der Waals surface area contributed by atoms with E-state index in [0.717, 1.165) is 56.1 Å². The molecule has 7 aromatic rings. The molecule has 0 radical (unpaired) electrons. The normalized spacial score (nSPS) is 12.8. The van der Waals surface area contributed by atoms with E-state index in [-0.39, 0.29) is 26.5 Å². The second-order valence-electron chi connectivity index (χ2n) is 14.2. The van der Waals surface area contributed by atoms with Crippen LogP contribution >= 0.6 is 0 Å². The van der Waals surface area contributed by atoms with Crippen molar-refractivity contribution in [2.75, 3.05) is 16.8 Å². The van der Waals surface area contributed by atoms with Gasteiger partial charge in [-0.05, 0) is 78.8 Å². The van der Waals surface area contributed by atoms with Gasteiger partial charge < -0.3 is 19.1 Å². The monoisotopic (exact) mass is 847 g/mol. The number of benzene rings is 5. The predicted octanol–water partition coefficient (Wildman–Crippen LogP) is 10.7. The van der Waals surface area contributed by atoms with Gasteiger partial charge in [0.2, 0.25) is 0 Å². The molecule has 0 N–H and O–H groups in total. The number of anilines is 3. The van der Waals surface area contributed by atoms with E-state index < -0.39 is 0 Å². The van der Waals surface area contributed by atoms with E-state index in [1.165, 1.54) is 22.3 Å². The van der Waals surface area contributed by atoms with Crippen molar-refractivity contribution in [3.05, 3.63) is 158 Å². The molecule has 0 aliphatic carbocycles. The van der Waals surface area contributed by atoms with Crippen LogP contribution in [0.3, 0.4) is 0 Å². The topological polar surface area (TPSA) is 24.5 Å². The average Bonchev–Trinajstić information content (AvgIpc) is 3.54. The Hall–Kier alpha value is -5.25. The fraction of sp³-hybridized carbons (Fsp3) is 0.156. The van der Waals surface area contributed by atoms with Gasteiger partial charge in [-0.1, -0.05) is 105 Å². The number of hydrogen-bond acceptors (Lipinski definition) is 3. The predicted molar refractivity (Wildman–Crippen MR) is 206 cm³/mol. The van der Waals surface area contributed by atoms with Crippen molar-refractivity contribution in [1.29, 1.82) is 0 Å². The molecule has 3 heterocycles. The molecule has 0 spiro atoms. The number of fused-ring (bicyclic) bond motifs is 4. The molecule has 0 saturated heterocycles. The first-order valence-electron chi connectivity index (χ1n) is 17.0. The van der Waals surface area contributed by atoms with Gasteiger partial charge in [0, 0.05) is 24.1 Å². The quantitative estimate of drug-likeness (QED) is 0.127. The summed E-state index contributed by atoms with van der Waals surface area (Å²) < 4.78 is 10.9. The number of aryl methyl sites for hydroxylation is 2. The third kappa shape index (κ3) is 5.80. The molecule has 6 heteroatoms. The Morgan fingerprint density at radius 2 is 1.47 bits per heavy atom. The van der Waals surface area contributed by atoms with Crippen LogP contribution in [-0.2, 0) is 26.5 Å². The molecular weight excluding hydrogens is 808 g/mol. The third-order valence-electron chi connectivity index (χ3n) is 9.85. The summed E-state index contributed by atoms with van der Waals surface area (Å²) in [5.74, 6) is 3.00. The molecule has 0 fully saturated rings. The average molecular weight is 848 g/mol. The van der Waals surface area contributed by atoms with E-state index in [9.17, 15) is 0 Å². The SMILES string of the molecule is C=C1N(C)c2ccccc2N1c1[c-]c(Oc2[c-]c3c(cc2)c2ccccc2n3-c2cc(C(C)(C)C)cc[n+]2[CH2-])cc(-c2c(C)cccc2C)c1.[Pt+2]. The van der Waals surface area contributed by atoms with Crippen LogP contribution in [0.15, 0.2) is 122 Å². The summed E-state index contributed by atoms with van der Waals surface area (Å²) >= 11 is 0. The minimum absolute atomic E-state index is 0. The molecule has 5 aromatic carbocycles. The van der Waals surface area contributed by atoms with Crippen LogP contribution in [0.25, 0.3) is 38.8 Å². The molecule has 0 amide bonds. The minimum Gasteiger partial charge on any atom is -0.509 e. The van der Waals surface area contributed by atoms with Crippen molar-refractivity contribution in [3.8, 4) is 28.4 Å². The number of ether oxygens (including phenoxy) is 1. The molecule has 256 valence electrons. The molecule has 1 aliphatic heterocycles. The van der Waals surface area contributed by atoms with E-state index >= 15 is 0 Å². The summed E-state index contributed by atoms with van der Waals surface area (Å²) in [5, 5.41) is 2.24. The molecule has 0 saturated carbocycles. The summed E-state index contributed by atoms with van der Waals surface area (Å²) in [5.41, 5.74) is 10.8. The maximum absolute atomic E-state index is 6.76. The summed E-state index contributed by atoms with van der Waals surface area (Å²) in [6.45, 7) is 15.5. The zero-order valence-electron chi connectivity index (χ0n) is 29.8. The first kappa shape index (κ1) is 34.2. The summed E-state index contributed by atoms with van der Waals surface area (Å²) in [6, 6.07) is 43.3. The second kappa shape index (κ2) is 12.8. The van der Waals surface area contributed by atoms with Crippen LogP contribution in [0.4, 0.5) is 17.1 Å². The van der Waals surface area contributed by atoms with Gasteiger partial charge in [0.25, 0.3) is 0 Å². The van der Waals surface area contributed by atoms with E-state index in [1.54, 1.807) is 0 Å². The van der Waals surface area contributed by atoms with Gasteiger partial charge in [-0.15, -0.1) is 29.8 Å². The van der Waals surface area contributed by atoms with Crippen molar-refractivity contribution in [3.63, 3.8) is 0 Å². The van der Waals surface area contributed by atoms with Gasteiger partial charge >= 0.3 is 21.1 Å². The summed E-state index contributed by atoms with van der Waals surface area (Å²) in [4.78, 5) is 4.26. The van der Waals surface area contributed by atoms with Crippen molar-refractivity contribution in [2.45, 2.75) is 40.0 Å². The number of para-hydroxylation sites is 3. The van der Waals surface area contributed by atoms with Crippen LogP contribution < -0.4 is 19.1 Å². The van der Waals surface area contributed by atoms with Crippen LogP contribution in [0, 0.1) is 33.0 Å². The summed E-state index contributed by atoms with van der Waals surface area (Å²) in [6.07, 6.45) is 2.04. The fourth-order valence-electron chi connectivity index (χ4n) is 7.22. The molecule has 2 aromatic heterocycles. The van der Waals surface area contributed by atoms with Crippen LogP contribution in [0.1, 0.15) is 37.5 Å². The van der Waals surface area contributed by atoms with Crippen LogP contribution in [-0.4, -0.2) is 11.6 Å². The molecule has 51 heavy (non-hydrogen) atoms. The van der Waals surface area contributed by atoms with E-state index in [1.807, 2.05) is 23.9 Å². The number of rotatable bonds is 5. The molecule has 0 unspecified atom stereocenters. The summed E-state index contributed by atoms with van der Waals surface area (Å²) in [7, 11) is 6.41. The molecule has 0 atom stereocenters. The number of hydrogen-bond donors (Lipinski definition) is 0. The maximum Gasteiger partial charge on any atom is 2.00 e. The largest absolute Gasteiger partial charge is 2.00 e. The van der Waals surface area contributed by atoms with Crippen LogP contribution in [0.2, 0.25) is 0 Å². The Bertz CT molecular complexity index is 2470. The van der Waals surface area contributed by atoms with Crippen molar-refractivity contribution in [2.24, 2.45) is 0 Å². The molecule has 5 nitrogen and oxygen atoms in total. The Morgan fingerprint density at radius 1 is 0.765 bits per heavy atom. The Balaban J connectivity index is 0.00000406. The molecule has 0 bridgehead atoms. The Labute approximate surface area is 315 Å². The van der Waals surface area contributed by atoms with Gasteiger partial charge in [-0.25, -0.2) is 0 Å². The zero-order valence-corrected chi connectivity index (χ0v) is 32.1. The first-order chi connectivity index (χ1) is 24.0. The van der Waals surface area contributed by atoms with Gasteiger partial charge in [-0.2, -0.15) is 6.07 Å². The number of pyridine rings is 1. The van der Waals surface area contributed by atoms with Gasteiger partial charge in [-0.3, -0.25) is 4.57 Å². The van der Waals surface area contributed by atoms with Crippen molar-refractivity contribution >= 4 is 38.9 Å².